The van der Waals surface area contributed by atoms with Crippen LogP contribution < -0.4 is 4.90 Å². The van der Waals surface area contributed by atoms with Crippen LogP contribution in [0, 0.1) is 6.92 Å². The maximum absolute atomic E-state index is 11.5. The Kier molecular flexibility index (Phi) is 13.6. The Hall–Kier alpha value is -1.52. The summed E-state index contributed by atoms with van der Waals surface area (Å²) in [6.45, 7) is 11.8. The molecule has 0 aliphatic carbocycles. The van der Waals surface area contributed by atoms with Crippen LogP contribution in [0.4, 0.5) is 5.82 Å². The third kappa shape index (κ3) is 15.0. The zero-order valence-corrected chi connectivity index (χ0v) is 20.1. The van der Waals surface area contributed by atoms with E-state index in [0.29, 0.717) is 59.4 Å². The molecule has 0 fully saturated rings. The SMILES string of the molecule is Cc1cc(N(C)CCOCCOCCOCCOCCC(=O)OC(C)(C)C)nc(Cl)n1. The topological polar surface area (TPSA) is 92.2 Å². The van der Waals surface area contributed by atoms with Gasteiger partial charge in [0.25, 0.3) is 0 Å². The Balaban J connectivity index is 1.88. The lowest BCUT2D eigenvalue weighted by molar-refractivity contribution is -0.156. The van der Waals surface area contributed by atoms with Gasteiger partial charge in [0, 0.05) is 25.4 Å². The number of nitrogens with zero attached hydrogens (tertiary/aromatic N) is 3. The molecular formula is C21H36ClN3O6. The van der Waals surface area contributed by atoms with Crippen molar-refractivity contribution in [3.05, 3.63) is 17.0 Å². The highest BCUT2D eigenvalue weighted by Crippen LogP contribution is 2.13. The molecule has 1 heterocycles. The highest BCUT2D eigenvalue weighted by Gasteiger charge is 2.15. The number of likely N-dealkylation sites (N-methyl/N-ethyl adjacent to an activating group) is 1. The maximum atomic E-state index is 11.5. The average molecular weight is 462 g/mol. The molecule has 0 saturated heterocycles. The van der Waals surface area contributed by atoms with Crippen LogP contribution in [-0.2, 0) is 28.5 Å². The first kappa shape index (κ1) is 27.5. The number of ether oxygens (including phenoxy) is 5. The number of esters is 1. The van der Waals surface area contributed by atoms with E-state index in [9.17, 15) is 4.79 Å². The Morgan fingerprint density at radius 3 is 1.97 bits per heavy atom. The summed E-state index contributed by atoms with van der Waals surface area (Å²) < 4.78 is 27.0. The van der Waals surface area contributed by atoms with E-state index in [1.165, 1.54) is 0 Å². The summed E-state index contributed by atoms with van der Waals surface area (Å²) in [5.74, 6) is 0.507. The number of hydrogen-bond donors (Lipinski definition) is 0. The van der Waals surface area contributed by atoms with E-state index in [-0.39, 0.29) is 17.7 Å². The van der Waals surface area contributed by atoms with Gasteiger partial charge >= 0.3 is 5.97 Å². The van der Waals surface area contributed by atoms with E-state index in [4.69, 9.17) is 35.3 Å². The van der Waals surface area contributed by atoms with Crippen molar-refractivity contribution in [3.8, 4) is 0 Å². The predicted molar refractivity (Wildman–Crippen MR) is 119 cm³/mol. The van der Waals surface area contributed by atoms with Gasteiger partial charge in [-0.05, 0) is 39.3 Å². The number of anilines is 1. The second-order valence-electron chi connectivity index (χ2n) is 7.84. The van der Waals surface area contributed by atoms with Crippen LogP contribution in [0.3, 0.4) is 0 Å². The molecule has 1 aromatic heterocycles. The van der Waals surface area contributed by atoms with Crippen LogP contribution in [0.5, 0.6) is 0 Å². The molecule has 0 unspecified atom stereocenters. The summed E-state index contributed by atoms with van der Waals surface area (Å²) in [6.07, 6.45) is 0.239. The third-order valence-corrected chi connectivity index (χ3v) is 3.93. The molecule has 0 saturated carbocycles. The van der Waals surface area contributed by atoms with Gasteiger partial charge in [-0.15, -0.1) is 0 Å². The number of carbonyl (C=O) groups excluding carboxylic acids is 1. The molecule has 0 aliphatic heterocycles. The maximum Gasteiger partial charge on any atom is 0.308 e. The van der Waals surface area contributed by atoms with Crippen LogP contribution in [0.15, 0.2) is 6.07 Å². The molecule has 10 heteroatoms. The molecule has 0 radical (unpaired) electrons. The van der Waals surface area contributed by atoms with Crippen molar-refractivity contribution in [1.82, 2.24) is 9.97 Å². The first-order valence-electron chi connectivity index (χ1n) is 10.4. The van der Waals surface area contributed by atoms with Gasteiger partial charge in [-0.25, -0.2) is 9.97 Å². The monoisotopic (exact) mass is 461 g/mol. The van der Waals surface area contributed by atoms with Gasteiger partial charge in [-0.2, -0.15) is 0 Å². The van der Waals surface area contributed by atoms with Gasteiger partial charge in [-0.1, -0.05) is 0 Å². The summed E-state index contributed by atoms with van der Waals surface area (Å²) in [4.78, 5) is 21.7. The van der Waals surface area contributed by atoms with Crippen molar-refractivity contribution < 1.29 is 28.5 Å². The molecule has 9 nitrogen and oxygen atoms in total. The molecule has 0 N–H and O–H groups in total. The second-order valence-corrected chi connectivity index (χ2v) is 8.18. The van der Waals surface area contributed by atoms with Gasteiger partial charge in [0.2, 0.25) is 5.28 Å². The summed E-state index contributed by atoms with van der Waals surface area (Å²) >= 11 is 5.88. The minimum absolute atomic E-state index is 0.239. The van der Waals surface area contributed by atoms with Crippen molar-refractivity contribution in [2.24, 2.45) is 0 Å². The van der Waals surface area contributed by atoms with Crippen LogP contribution >= 0.6 is 11.6 Å². The van der Waals surface area contributed by atoms with E-state index in [1.54, 1.807) is 0 Å². The van der Waals surface area contributed by atoms with Crippen molar-refractivity contribution in [1.29, 1.82) is 0 Å². The fourth-order valence-electron chi connectivity index (χ4n) is 2.34. The Morgan fingerprint density at radius 2 is 1.45 bits per heavy atom. The molecule has 0 atom stereocenters. The van der Waals surface area contributed by atoms with E-state index >= 15 is 0 Å². The van der Waals surface area contributed by atoms with Crippen molar-refractivity contribution >= 4 is 23.4 Å². The van der Waals surface area contributed by atoms with Crippen molar-refractivity contribution in [2.75, 3.05) is 71.3 Å². The minimum atomic E-state index is -0.465. The van der Waals surface area contributed by atoms with Gasteiger partial charge in [0.15, 0.2) is 0 Å². The Bertz CT molecular complexity index is 622. The van der Waals surface area contributed by atoms with E-state index in [0.717, 1.165) is 11.5 Å². The molecule has 0 spiro atoms. The van der Waals surface area contributed by atoms with E-state index in [2.05, 4.69) is 9.97 Å². The fourth-order valence-corrected chi connectivity index (χ4v) is 2.56. The largest absolute Gasteiger partial charge is 0.460 e. The third-order valence-electron chi connectivity index (χ3n) is 3.76. The Labute approximate surface area is 190 Å². The van der Waals surface area contributed by atoms with Crippen LogP contribution in [0.25, 0.3) is 0 Å². The molecule has 31 heavy (non-hydrogen) atoms. The fraction of sp³-hybridized carbons (Fsp3) is 0.762. The number of rotatable bonds is 16. The highest BCUT2D eigenvalue weighted by atomic mass is 35.5. The molecule has 0 amide bonds. The predicted octanol–water partition coefficient (Wildman–Crippen LogP) is 2.67. The lowest BCUT2D eigenvalue weighted by atomic mass is 10.2. The van der Waals surface area contributed by atoms with Gasteiger partial charge in [0.05, 0.1) is 59.3 Å². The van der Waals surface area contributed by atoms with Gasteiger partial charge < -0.3 is 28.6 Å². The molecule has 0 aromatic carbocycles. The number of halogens is 1. The number of hydrogen-bond acceptors (Lipinski definition) is 9. The second kappa shape index (κ2) is 15.3. The van der Waals surface area contributed by atoms with E-state index < -0.39 is 5.60 Å². The number of aryl methyl sites for hydroxylation is 1. The molecule has 178 valence electrons. The summed E-state index contributed by atoms with van der Waals surface area (Å²) in [5, 5.41) is 0.241. The average Bonchev–Trinajstić information content (AvgIpc) is 2.65. The molecule has 0 bridgehead atoms. The van der Waals surface area contributed by atoms with Crippen LogP contribution in [0.1, 0.15) is 32.9 Å². The first-order valence-corrected chi connectivity index (χ1v) is 10.8. The molecular weight excluding hydrogens is 426 g/mol. The lowest BCUT2D eigenvalue weighted by Gasteiger charge is -2.19. The summed E-state index contributed by atoms with van der Waals surface area (Å²) in [5.41, 5.74) is 0.360. The molecule has 1 rings (SSSR count). The van der Waals surface area contributed by atoms with Crippen molar-refractivity contribution in [2.45, 2.75) is 39.7 Å². The number of aromatic nitrogens is 2. The summed E-state index contributed by atoms with van der Waals surface area (Å²) in [7, 11) is 1.93. The quantitative estimate of drug-likeness (QED) is 0.209. The normalized spacial score (nSPS) is 11.5. The molecule has 1 aromatic rings. The van der Waals surface area contributed by atoms with Crippen molar-refractivity contribution in [3.63, 3.8) is 0 Å². The standard InChI is InChI=1S/C21H36ClN3O6/c1-17-16-18(24-20(22)23-17)25(5)7-9-28-11-13-30-15-14-29-12-10-27-8-6-19(26)31-21(2,3)4/h16H,6-15H2,1-5H3. The first-order chi connectivity index (χ1) is 14.7. The zero-order valence-electron chi connectivity index (χ0n) is 19.3. The van der Waals surface area contributed by atoms with Gasteiger partial charge in [-0.3, -0.25) is 4.79 Å². The van der Waals surface area contributed by atoms with E-state index in [1.807, 2.05) is 45.7 Å². The zero-order chi connectivity index (χ0) is 23.1. The minimum Gasteiger partial charge on any atom is -0.460 e. The summed E-state index contributed by atoms with van der Waals surface area (Å²) in [6, 6.07) is 1.88. The smallest absolute Gasteiger partial charge is 0.308 e. The van der Waals surface area contributed by atoms with Crippen LogP contribution in [0.2, 0.25) is 5.28 Å². The van der Waals surface area contributed by atoms with Gasteiger partial charge in [0.1, 0.15) is 11.4 Å². The van der Waals surface area contributed by atoms with Crippen LogP contribution in [-0.4, -0.2) is 88.0 Å². The molecule has 0 aliphatic rings. The highest BCUT2D eigenvalue weighted by molar-refractivity contribution is 6.28. The number of carbonyl (C=O) groups is 1. The Morgan fingerprint density at radius 1 is 0.935 bits per heavy atom. The lowest BCUT2D eigenvalue weighted by Crippen LogP contribution is -2.24.